The van der Waals surface area contributed by atoms with E-state index >= 15 is 0 Å². The fraction of sp³-hybridized carbons (Fsp3) is 0.200. The number of carbonyl (C=O) groups is 1. The molecule has 0 fully saturated rings. The first-order chi connectivity index (χ1) is 9.65. The average Bonchev–Trinajstić information content (AvgIpc) is 2.85. The van der Waals surface area contributed by atoms with Crippen molar-refractivity contribution >= 4 is 27.8 Å². The largest absolute Gasteiger partial charge is 0.497 e. The van der Waals surface area contributed by atoms with Crippen LogP contribution in [0.5, 0.6) is 5.75 Å². The summed E-state index contributed by atoms with van der Waals surface area (Å²) in [6.45, 7) is 2.75. The lowest BCUT2D eigenvalue weighted by atomic mass is 10.1. The number of halogens is 1. The Hall–Kier alpha value is -1.88. The number of ether oxygens (including phenoxy) is 1. The van der Waals surface area contributed by atoms with E-state index in [0.29, 0.717) is 11.3 Å². The van der Waals surface area contributed by atoms with E-state index in [0.717, 1.165) is 16.7 Å². The van der Waals surface area contributed by atoms with Gasteiger partial charge >= 0.3 is 0 Å². The van der Waals surface area contributed by atoms with Crippen LogP contribution in [0.4, 0.5) is 0 Å². The highest BCUT2D eigenvalue weighted by atomic mass is 79.9. The van der Waals surface area contributed by atoms with Crippen LogP contribution in [0.2, 0.25) is 0 Å². The highest BCUT2D eigenvalue weighted by molar-refractivity contribution is 9.10. The summed E-state index contributed by atoms with van der Waals surface area (Å²) in [6, 6.07) is 7.09. The summed E-state index contributed by atoms with van der Waals surface area (Å²) in [4.78, 5) is 12.1. The average molecular weight is 335 g/mol. The fourth-order valence-corrected chi connectivity index (χ4v) is 2.25. The maximum atomic E-state index is 12.1. The molecular weight excluding hydrogens is 320 g/mol. The van der Waals surface area contributed by atoms with Crippen molar-refractivity contribution in [3.8, 4) is 5.75 Å². The smallest absolute Gasteiger partial charge is 0.186 e. The quantitative estimate of drug-likeness (QED) is 0.620. The lowest BCUT2D eigenvalue weighted by Gasteiger charge is -2.02. The minimum Gasteiger partial charge on any atom is -0.497 e. The Morgan fingerprint density at radius 3 is 3.00 bits per heavy atom. The molecule has 0 amide bonds. The standard InChI is InChI=1S/C15H15BrN2O2/c1-3-18-14(13(16)10-17-18)7-8-15(19)11-5-4-6-12(9-11)20-2/h4-10H,3H2,1-2H3/b8-7+. The number of rotatable bonds is 5. The van der Waals surface area contributed by atoms with Crippen molar-refractivity contribution in [2.75, 3.05) is 7.11 Å². The molecule has 1 aromatic carbocycles. The number of benzene rings is 1. The number of nitrogens with zero attached hydrogens (tertiary/aromatic N) is 2. The summed E-state index contributed by atoms with van der Waals surface area (Å²) in [7, 11) is 1.58. The van der Waals surface area contributed by atoms with E-state index in [-0.39, 0.29) is 5.78 Å². The zero-order valence-electron chi connectivity index (χ0n) is 11.3. The molecule has 1 aromatic heterocycles. The van der Waals surface area contributed by atoms with Gasteiger partial charge in [-0.15, -0.1) is 0 Å². The first-order valence-electron chi connectivity index (χ1n) is 6.23. The van der Waals surface area contributed by atoms with Crippen molar-refractivity contribution < 1.29 is 9.53 Å². The Morgan fingerprint density at radius 2 is 2.30 bits per heavy atom. The Labute approximate surface area is 126 Å². The van der Waals surface area contributed by atoms with E-state index in [9.17, 15) is 4.79 Å². The van der Waals surface area contributed by atoms with Gasteiger partial charge in [0.25, 0.3) is 0 Å². The first-order valence-corrected chi connectivity index (χ1v) is 7.02. The van der Waals surface area contributed by atoms with Gasteiger partial charge in [0.15, 0.2) is 5.78 Å². The lowest BCUT2D eigenvalue weighted by molar-refractivity contribution is 0.104. The number of methoxy groups -OCH3 is 1. The van der Waals surface area contributed by atoms with Crippen molar-refractivity contribution in [3.05, 3.63) is 52.3 Å². The van der Waals surface area contributed by atoms with E-state index in [1.807, 2.05) is 17.7 Å². The molecule has 0 aliphatic rings. The van der Waals surface area contributed by atoms with Crippen molar-refractivity contribution in [2.45, 2.75) is 13.5 Å². The molecule has 0 saturated heterocycles. The molecule has 4 nitrogen and oxygen atoms in total. The maximum absolute atomic E-state index is 12.1. The molecule has 0 aliphatic carbocycles. The van der Waals surface area contributed by atoms with E-state index in [1.165, 1.54) is 0 Å². The third-order valence-corrected chi connectivity index (χ3v) is 3.49. The van der Waals surface area contributed by atoms with Gasteiger partial charge in [0.05, 0.1) is 23.5 Å². The summed E-state index contributed by atoms with van der Waals surface area (Å²) in [5.41, 5.74) is 1.48. The van der Waals surface area contributed by atoms with Gasteiger partial charge in [0.2, 0.25) is 0 Å². The van der Waals surface area contributed by atoms with Crippen molar-refractivity contribution in [1.82, 2.24) is 9.78 Å². The summed E-state index contributed by atoms with van der Waals surface area (Å²) in [6.07, 6.45) is 5.03. The zero-order valence-corrected chi connectivity index (χ0v) is 12.9. The van der Waals surface area contributed by atoms with E-state index in [2.05, 4.69) is 21.0 Å². The minimum absolute atomic E-state index is 0.0698. The van der Waals surface area contributed by atoms with Crippen LogP contribution >= 0.6 is 15.9 Å². The van der Waals surface area contributed by atoms with Crippen LogP contribution in [0.25, 0.3) is 6.08 Å². The normalized spacial score (nSPS) is 10.9. The molecule has 2 aromatic rings. The van der Waals surface area contributed by atoms with Crippen LogP contribution in [0.3, 0.4) is 0 Å². The molecule has 0 unspecified atom stereocenters. The third-order valence-electron chi connectivity index (χ3n) is 2.88. The molecule has 0 radical (unpaired) electrons. The number of allylic oxidation sites excluding steroid dienone is 1. The number of carbonyl (C=O) groups excluding carboxylic acids is 1. The first kappa shape index (κ1) is 14.5. The van der Waals surface area contributed by atoms with Crippen LogP contribution in [-0.4, -0.2) is 22.7 Å². The molecule has 0 saturated carbocycles. The number of aryl methyl sites for hydroxylation is 1. The van der Waals surface area contributed by atoms with Crippen molar-refractivity contribution in [3.63, 3.8) is 0 Å². The number of hydrogen-bond donors (Lipinski definition) is 0. The van der Waals surface area contributed by atoms with Gasteiger partial charge in [-0.2, -0.15) is 5.10 Å². The highest BCUT2D eigenvalue weighted by Crippen LogP contribution is 2.18. The predicted octanol–water partition coefficient (Wildman–Crippen LogP) is 3.57. The molecule has 2 rings (SSSR count). The summed E-state index contributed by atoms with van der Waals surface area (Å²) >= 11 is 3.42. The Kier molecular flexibility index (Phi) is 4.74. The zero-order chi connectivity index (χ0) is 14.5. The molecule has 1 heterocycles. The molecular formula is C15H15BrN2O2. The van der Waals surface area contributed by atoms with E-state index in [1.54, 1.807) is 43.7 Å². The van der Waals surface area contributed by atoms with Gasteiger partial charge in [0.1, 0.15) is 5.75 Å². The second kappa shape index (κ2) is 6.52. The predicted molar refractivity (Wildman–Crippen MR) is 82.0 cm³/mol. The molecule has 0 bridgehead atoms. The summed E-state index contributed by atoms with van der Waals surface area (Å²) in [5.74, 6) is 0.601. The molecule has 0 atom stereocenters. The minimum atomic E-state index is -0.0698. The molecule has 0 aliphatic heterocycles. The Morgan fingerprint density at radius 1 is 1.50 bits per heavy atom. The van der Waals surface area contributed by atoms with Gasteiger partial charge in [0, 0.05) is 12.1 Å². The molecule has 5 heteroatoms. The number of ketones is 1. The molecule has 20 heavy (non-hydrogen) atoms. The monoisotopic (exact) mass is 334 g/mol. The van der Waals surface area contributed by atoms with Gasteiger partial charge in [-0.25, -0.2) is 0 Å². The van der Waals surface area contributed by atoms with Gasteiger partial charge in [-0.3, -0.25) is 9.48 Å². The van der Waals surface area contributed by atoms with Crippen molar-refractivity contribution in [2.24, 2.45) is 0 Å². The van der Waals surface area contributed by atoms with Gasteiger partial charge in [-0.1, -0.05) is 12.1 Å². The lowest BCUT2D eigenvalue weighted by Crippen LogP contribution is -2.00. The second-order valence-electron chi connectivity index (χ2n) is 4.12. The van der Waals surface area contributed by atoms with Gasteiger partial charge < -0.3 is 4.74 Å². The topological polar surface area (TPSA) is 44.1 Å². The van der Waals surface area contributed by atoms with Crippen LogP contribution in [0.1, 0.15) is 23.0 Å². The summed E-state index contributed by atoms with van der Waals surface area (Å²) < 4.78 is 7.80. The second-order valence-corrected chi connectivity index (χ2v) is 4.98. The number of hydrogen-bond acceptors (Lipinski definition) is 3. The molecule has 104 valence electrons. The summed E-state index contributed by atoms with van der Waals surface area (Å²) in [5, 5.41) is 4.20. The van der Waals surface area contributed by atoms with Gasteiger partial charge in [-0.05, 0) is 47.1 Å². The molecule has 0 N–H and O–H groups in total. The third kappa shape index (κ3) is 3.17. The van der Waals surface area contributed by atoms with Crippen LogP contribution < -0.4 is 4.74 Å². The van der Waals surface area contributed by atoms with Crippen LogP contribution in [-0.2, 0) is 6.54 Å². The number of aromatic nitrogens is 2. The SMILES string of the molecule is CCn1ncc(Br)c1/C=C/C(=O)c1cccc(OC)c1. The Bertz CT molecular complexity index is 647. The van der Waals surface area contributed by atoms with E-state index < -0.39 is 0 Å². The Balaban J connectivity index is 2.22. The van der Waals surface area contributed by atoms with E-state index in [4.69, 9.17) is 4.74 Å². The highest BCUT2D eigenvalue weighted by Gasteiger charge is 2.06. The molecule has 0 spiro atoms. The maximum Gasteiger partial charge on any atom is 0.186 e. The van der Waals surface area contributed by atoms with Crippen LogP contribution in [0.15, 0.2) is 41.0 Å². The van der Waals surface area contributed by atoms with Crippen molar-refractivity contribution in [1.29, 1.82) is 0 Å². The van der Waals surface area contributed by atoms with Crippen LogP contribution in [0, 0.1) is 0 Å². The fourth-order valence-electron chi connectivity index (χ4n) is 1.82.